The summed E-state index contributed by atoms with van der Waals surface area (Å²) < 4.78 is 0.955. The number of nitrogens with one attached hydrogen (secondary N) is 1. The number of benzene rings is 1. The van der Waals surface area contributed by atoms with E-state index in [0.717, 1.165) is 32.7 Å². The van der Waals surface area contributed by atoms with Crippen molar-refractivity contribution in [3.05, 3.63) is 28.9 Å². The second-order valence-corrected chi connectivity index (χ2v) is 6.29. The third-order valence-corrected chi connectivity index (χ3v) is 4.52. The maximum absolute atomic E-state index is 6.03. The largest absolute Gasteiger partial charge is 0.398 e. The van der Waals surface area contributed by atoms with Gasteiger partial charge in [0.2, 0.25) is 0 Å². The molecule has 1 fully saturated rings. The maximum Gasteiger partial charge on any atom is 0.0954 e. The summed E-state index contributed by atoms with van der Waals surface area (Å²) in [6, 6.07) is 6.50. The fourth-order valence-corrected chi connectivity index (χ4v) is 2.97. The van der Waals surface area contributed by atoms with E-state index in [1.165, 1.54) is 19.3 Å². The lowest BCUT2D eigenvalue weighted by molar-refractivity contribution is 0.285. The molecule has 1 aromatic carbocycles. The van der Waals surface area contributed by atoms with E-state index < -0.39 is 0 Å². The van der Waals surface area contributed by atoms with Gasteiger partial charge >= 0.3 is 0 Å². The Kier molecular flexibility index (Phi) is 3.35. The number of aromatic nitrogens is 1. The molecule has 1 atom stereocenters. The standard InChI is InChI=1S/C15H18BrN3/c1-9(10-3-2-4-10)19-14-6-5-13(17)12-7-11(16)8-18-15(12)14/h5-10,19H,2-4,17H2,1H3. The normalized spacial score (nSPS) is 17.2. The minimum atomic E-state index is 0.492. The number of halogens is 1. The summed E-state index contributed by atoms with van der Waals surface area (Å²) in [5.74, 6) is 0.794. The lowest BCUT2D eigenvalue weighted by Gasteiger charge is -2.32. The van der Waals surface area contributed by atoms with Crippen molar-refractivity contribution in [3.8, 4) is 0 Å². The van der Waals surface area contributed by atoms with E-state index in [4.69, 9.17) is 5.73 Å². The topological polar surface area (TPSA) is 50.9 Å². The van der Waals surface area contributed by atoms with Crippen LogP contribution in [0.25, 0.3) is 10.9 Å². The van der Waals surface area contributed by atoms with Crippen molar-refractivity contribution in [2.75, 3.05) is 11.1 Å². The molecule has 1 aliphatic rings. The monoisotopic (exact) mass is 319 g/mol. The van der Waals surface area contributed by atoms with Crippen molar-refractivity contribution in [2.45, 2.75) is 32.2 Å². The third-order valence-electron chi connectivity index (χ3n) is 4.09. The summed E-state index contributed by atoms with van der Waals surface area (Å²) in [4.78, 5) is 4.51. The Morgan fingerprint density at radius 2 is 2.21 bits per heavy atom. The Balaban J connectivity index is 1.96. The number of hydrogen-bond acceptors (Lipinski definition) is 3. The van der Waals surface area contributed by atoms with Gasteiger partial charge < -0.3 is 11.1 Å². The number of nitrogen functional groups attached to an aromatic ring is 1. The highest BCUT2D eigenvalue weighted by Crippen LogP contribution is 2.33. The van der Waals surface area contributed by atoms with Gasteiger partial charge in [0.1, 0.15) is 0 Å². The molecular weight excluding hydrogens is 302 g/mol. The lowest BCUT2D eigenvalue weighted by atomic mass is 9.80. The molecule has 0 amide bonds. The summed E-state index contributed by atoms with van der Waals surface area (Å²) in [6.45, 7) is 2.25. The second-order valence-electron chi connectivity index (χ2n) is 5.38. The Bertz CT molecular complexity index is 608. The van der Waals surface area contributed by atoms with Gasteiger partial charge in [-0.05, 0) is 59.8 Å². The molecule has 19 heavy (non-hydrogen) atoms. The van der Waals surface area contributed by atoms with E-state index in [1.54, 1.807) is 0 Å². The van der Waals surface area contributed by atoms with Gasteiger partial charge in [-0.25, -0.2) is 0 Å². The van der Waals surface area contributed by atoms with E-state index in [9.17, 15) is 0 Å². The van der Waals surface area contributed by atoms with Gasteiger partial charge in [0.15, 0.2) is 0 Å². The van der Waals surface area contributed by atoms with Crippen LogP contribution in [0.5, 0.6) is 0 Å². The van der Waals surface area contributed by atoms with Gasteiger partial charge in [-0.1, -0.05) is 6.42 Å². The zero-order valence-corrected chi connectivity index (χ0v) is 12.6. The second kappa shape index (κ2) is 5.00. The third kappa shape index (κ3) is 2.41. The zero-order valence-electron chi connectivity index (χ0n) is 11.0. The van der Waals surface area contributed by atoms with Crippen molar-refractivity contribution in [1.29, 1.82) is 0 Å². The number of fused-ring (bicyclic) bond motifs is 1. The Labute approximate surface area is 121 Å². The molecule has 4 heteroatoms. The zero-order chi connectivity index (χ0) is 13.4. The number of nitrogens with two attached hydrogens (primary N) is 1. The molecule has 0 spiro atoms. The van der Waals surface area contributed by atoms with Gasteiger partial charge in [0.05, 0.1) is 11.2 Å². The highest BCUT2D eigenvalue weighted by molar-refractivity contribution is 9.10. The fourth-order valence-electron chi connectivity index (χ4n) is 2.64. The SMILES string of the molecule is CC(Nc1ccc(N)c2cc(Br)cnc12)C1CCC1. The number of pyridine rings is 1. The highest BCUT2D eigenvalue weighted by Gasteiger charge is 2.24. The summed E-state index contributed by atoms with van der Waals surface area (Å²) in [7, 11) is 0. The smallest absolute Gasteiger partial charge is 0.0954 e. The van der Waals surface area contributed by atoms with Crippen LogP contribution in [0, 0.1) is 5.92 Å². The molecule has 1 aromatic heterocycles. The molecule has 3 N–H and O–H groups in total. The molecule has 100 valence electrons. The molecule has 0 aliphatic heterocycles. The van der Waals surface area contributed by atoms with Crippen molar-refractivity contribution in [2.24, 2.45) is 5.92 Å². The number of anilines is 2. The van der Waals surface area contributed by atoms with E-state index >= 15 is 0 Å². The summed E-state index contributed by atoms with van der Waals surface area (Å²) >= 11 is 3.45. The van der Waals surface area contributed by atoms with Gasteiger partial charge in [0, 0.05) is 27.8 Å². The van der Waals surface area contributed by atoms with Gasteiger partial charge in [-0.15, -0.1) is 0 Å². The van der Waals surface area contributed by atoms with Crippen LogP contribution in [-0.2, 0) is 0 Å². The summed E-state index contributed by atoms with van der Waals surface area (Å²) in [6.07, 6.45) is 5.85. The lowest BCUT2D eigenvalue weighted by Crippen LogP contribution is -2.30. The van der Waals surface area contributed by atoms with E-state index in [2.05, 4.69) is 33.2 Å². The number of rotatable bonds is 3. The molecule has 0 saturated heterocycles. The highest BCUT2D eigenvalue weighted by atomic mass is 79.9. The first kappa shape index (κ1) is 12.7. The predicted molar refractivity (Wildman–Crippen MR) is 84.3 cm³/mol. The van der Waals surface area contributed by atoms with Crippen LogP contribution >= 0.6 is 15.9 Å². The van der Waals surface area contributed by atoms with Crippen LogP contribution < -0.4 is 11.1 Å². The van der Waals surface area contributed by atoms with E-state index in [-0.39, 0.29) is 0 Å². The van der Waals surface area contributed by atoms with Crippen molar-refractivity contribution in [3.63, 3.8) is 0 Å². The minimum Gasteiger partial charge on any atom is -0.398 e. The maximum atomic E-state index is 6.03. The van der Waals surface area contributed by atoms with Crippen molar-refractivity contribution in [1.82, 2.24) is 4.98 Å². The van der Waals surface area contributed by atoms with E-state index in [0.29, 0.717) is 6.04 Å². The molecule has 1 saturated carbocycles. The first-order valence-corrected chi connectivity index (χ1v) is 7.55. The van der Waals surface area contributed by atoms with Gasteiger partial charge in [-0.2, -0.15) is 0 Å². The molecule has 3 rings (SSSR count). The molecule has 2 aromatic rings. The quantitative estimate of drug-likeness (QED) is 0.834. The Hall–Kier alpha value is -1.29. The summed E-state index contributed by atoms with van der Waals surface area (Å²) in [5.41, 5.74) is 8.84. The van der Waals surface area contributed by atoms with Crippen LogP contribution in [0.4, 0.5) is 11.4 Å². The Morgan fingerprint density at radius 3 is 2.89 bits per heavy atom. The minimum absolute atomic E-state index is 0.492. The average molecular weight is 320 g/mol. The molecule has 1 aliphatic carbocycles. The molecule has 0 bridgehead atoms. The summed E-state index contributed by atoms with van der Waals surface area (Å²) in [5, 5.41) is 4.60. The van der Waals surface area contributed by atoms with Crippen LogP contribution in [0.2, 0.25) is 0 Å². The van der Waals surface area contributed by atoms with Gasteiger partial charge in [0.25, 0.3) is 0 Å². The number of nitrogens with zero attached hydrogens (tertiary/aromatic N) is 1. The number of hydrogen-bond donors (Lipinski definition) is 2. The first-order valence-electron chi connectivity index (χ1n) is 6.75. The molecule has 1 heterocycles. The fraction of sp³-hybridized carbons (Fsp3) is 0.400. The van der Waals surface area contributed by atoms with Crippen LogP contribution in [0.1, 0.15) is 26.2 Å². The molecular formula is C15H18BrN3. The van der Waals surface area contributed by atoms with E-state index in [1.807, 2.05) is 24.4 Å². The average Bonchev–Trinajstić information content (AvgIpc) is 2.31. The molecule has 1 unspecified atom stereocenters. The van der Waals surface area contributed by atoms with Crippen LogP contribution in [-0.4, -0.2) is 11.0 Å². The van der Waals surface area contributed by atoms with Crippen LogP contribution in [0.3, 0.4) is 0 Å². The Morgan fingerprint density at radius 1 is 1.42 bits per heavy atom. The van der Waals surface area contributed by atoms with Crippen molar-refractivity contribution >= 4 is 38.2 Å². The predicted octanol–water partition coefficient (Wildman–Crippen LogP) is 4.18. The molecule has 0 radical (unpaired) electrons. The van der Waals surface area contributed by atoms with Gasteiger partial charge in [-0.3, -0.25) is 4.98 Å². The van der Waals surface area contributed by atoms with Crippen molar-refractivity contribution < 1.29 is 0 Å². The first-order chi connectivity index (χ1) is 9.15. The van der Waals surface area contributed by atoms with Crippen LogP contribution in [0.15, 0.2) is 28.9 Å². The molecule has 3 nitrogen and oxygen atoms in total.